The van der Waals surface area contributed by atoms with E-state index in [1.54, 1.807) is 24.3 Å². The summed E-state index contributed by atoms with van der Waals surface area (Å²) in [5.41, 5.74) is 1.31. The van der Waals surface area contributed by atoms with Crippen molar-refractivity contribution in [2.75, 3.05) is 7.11 Å². The van der Waals surface area contributed by atoms with Gasteiger partial charge in [-0.25, -0.2) is 4.39 Å². The molecule has 2 aromatic carbocycles. The summed E-state index contributed by atoms with van der Waals surface area (Å²) >= 11 is 3.35. The van der Waals surface area contributed by atoms with Crippen LogP contribution in [0.1, 0.15) is 11.1 Å². The Morgan fingerprint density at radius 2 is 1.95 bits per heavy atom. The van der Waals surface area contributed by atoms with Crippen LogP contribution in [-0.2, 0) is 6.61 Å². The lowest BCUT2D eigenvalue weighted by Crippen LogP contribution is -1.99. The number of ether oxygens (including phenoxy) is 2. The van der Waals surface area contributed by atoms with Gasteiger partial charge < -0.3 is 9.47 Å². The van der Waals surface area contributed by atoms with Gasteiger partial charge in [-0.05, 0) is 39.7 Å². The summed E-state index contributed by atoms with van der Waals surface area (Å²) in [6, 6.07) is 11.4. The molecule has 0 amide bonds. The van der Waals surface area contributed by atoms with Gasteiger partial charge in [0, 0.05) is 6.07 Å². The van der Waals surface area contributed by atoms with Crippen LogP contribution in [0, 0.1) is 17.1 Å². The van der Waals surface area contributed by atoms with Crippen molar-refractivity contribution in [1.29, 1.82) is 5.26 Å². The predicted molar refractivity (Wildman–Crippen MR) is 76.1 cm³/mol. The molecular weight excluding hydrogens is 325 g/mol. The lowest BCUT2D eigenvalue weighted by molar-refractivity contribution is 0.282. The van der Waals surface area contributed by atoms with Gasteiger partial charge in [0.15, 0.2) is 11.5 Å². The first-order valence-corrected chi connectivity index (χ1v) is 6.58. The smallest absolute Gasteiger partial charge is 0.175 e. The van der Waals surface area contributed by atoms with Crippen LogP contribution in [0.4, 0.5) is 4.39 Å². The number of nitriles is 1. The minimum Gasteiger partial charge on any atom is -0.493 e. The molecule has 0 N–H and O–H groups in total. The molecule has 0 aliphatic heterocycles. The van der Waals surface area contributed by atoms with Crippen molar-refractivity contribution < 1.29 is 13.9 Å². The second kappa shape index (κ2) is 6.40. The second-order valence-electron chi connectivity index (χ2n) is 4.02. The van der Waals surface area contributed by atoms with Crippen LogP contribution in [0.5, 0.6) is 11.5 Å². The molecule has 0 fully saturated rings. The van der Waals surface area contributed by atoms with E-state index >= 15 is 0 Å². The molecule has 5 heteroatoms. The van der Waals surface area contributed by atoms with E-state index in [1.807, 2.05) is 6.07 Å². The Balaban J connectivity index is 2.21. The first-order chi connectivity index (χ1) is 9.63. The molecule has 2 aromatic rings. The van der Waals surface area contributed by atoms with E-state index in [-0.39, 0.29) is 12.4 Å². The average molecular weight is 336 g/mol. The molecule has 0 aliphatic rings. The van der Waals surface area contributed by atoms with Gasteiger partial charge >= 0.3 is 0 Å². The monoisotopic (exact) mass is 335 g/mol. The van der Waals surface area contributed by atoms with E-state index < -0.39 is 0 Å². The van der Waals surface area contributed by atoms with Gasteiger partial charge in [-0.2, -0.15) is 5.26 Å². The van der Waals surface area contributed by atoms with Crippen LogP contribution >= 0.6 is 15.9 Å². The Kier molecular flexibility index (Phi) is 4.59. The molecule has 0 saturated heterocycles. The van der Waals surface area contributed by atoms with Crippen molar-refractivity contribution in [3.63, 3.8) is 0 Å². The van der Waals surface area contributed by atoms with E-state index in [2.05, 4.69) is 15.9 Å². The van der Waals surface area contributed by atoms with Gasteiger partial charge in [0.05, 0.1) is 23.2 Å². The zero-order valence-corrected chi connectivity index (χ0v) is 12.3. The summed E-state index contributed by atoms with van der Waals surface area (Å²) in [5.74, 6) is 0.694. The first-order valence-electron chi connectivity index (χ1n) is 5.79. The summed E-state index contributed by atoms with van der Waals surface area (Å²) in [5, 5.41) is 8.90. The molecule has 0 radical (unpaired) electrons. The van der Waals surface area contributed by atoms with E-state index in [4.69, 9.17) is 14.7 Å². The molecule has 20 heavy (non-hydrogen) atoms. The number of nitrogens with zero attached hydrogens (tertiary/aromatic N) is 1. The highest BCUT2D eigenvalue weighted by Crippen LogP contribution is 2.36. The van der Waals surface area contributed by atoms with Gasteiger partial charge in [0.2, 0.25) is 0 Å². The molecule has 0 aliphatic carbocycles. The standard InChI is InChI=1S/C15H11BrFNO2/c1-19-14-7-11(8-18)6-13(16)15(14)20-9-10-2-4-12(17)5-3-10/h2-7H,9H2,1H3. The fourth-order valence-corrected chi connectivity index (χ4v) is 2.22. The maximum Gasteiger partial charge on any atom is 0.175 e. The van der Waals surface area contributed by atoms with Crippen molar-refractivity contribution >= 4 is 15.9 Å². The Hall–Kier alpha value is -2.06. The Labute approximate surface area is 124 Å². The van der Waals surface area contributed by atoms with Crippen molar-refractivity contribution in [2.24, 2.45) is 0 Å². The summed E-state index contributed by atoms with van der Waals surface area (Å²) in [6.45, 7) is 0.279. The van der Waals surface area contributed by atoms with Crippen LogP contribution in [0.2, 0.25) is 0 Å². The third-order valence-electron chi connectivity index (χ3n) is 2.65. The lowest BCUT2D eigenvalue weighted by atomic mass is 10.2. The molecular formula is C15H11BrFNO2. The number of hydrogen-bond acceptors (Lipinski definition) is 3. The number of methoxy groups -OCH3 is 1. The van der Waals surface area contributed by atoms with Gasteiger partial charge in [-0.1, -0.05) is 12.1 Å². The van der Waals surface area contributed by atoms with Crippen LogP contribution in [0.3, 0.4) is 0 Å². The van der Waals surface area contributed by atoms with Crippen molar-refractivity contribution in [3.05, 3.63) is 57.8 Å². The summed E-state index contributed by atoms with van der Waals surface area (Å²) in [6.07, 6.45) is 0. The molecule has 0 atom stereocenters. The maximum atomic E-state index is 12.8. The first kappa shape index (κ1) is 14.4. The molecule has 2 rings (SSSR count). The predicted octanol–water partition coefficient (Wildman–Crippen LogP) is 4.05. The van der Waals surface area contributed by atoms with Crippen LogP contribution in [0.15, 0.2) is 40.9 Å². The number of benzene rings is 2. The quantitative estimate of drug-likeness (QED) is 0.846. The zero-order valence-electron chi connectivity index (χ0n) is 10.7. The number of rotatable bonds is 4. The highest BCUT2D eigenvalue weighted by molar-refractivity contribution is 9.10. The fraction of sp³-hybridized carbons (Fsp3) is 0.133. The molecule has 0 saturated carbocycles. The largest absolute Gasteiger partial charge is 0.493 e. The van der Waals surface area contributed by atoms with Crippen LogP contribution < -0.4 is 9.47 Å². The highest BCUT2D eigenvalue weighted by Gasteiger charge is 2.12. The van der Waals surface area contributed by atoms with E-state index in [1.165, 1.54) is 19.2 Å². The van der Waals surface area contributed by atoms with E-state index in [0.29, 0.717) is 21.5 Å². The zero-order chi connectivity index (χ0) is 14.5. The van der Waals surface area contributed by atoms with Crippen molar-refractivity contribution in [3.8, 4) is 17.6 Å². The maximum absolute atomic E-state index is 12.8. The minimum atomic E-state index is -0.286. The molecule has 0 bridgehead atoms. The van der Waals surface area contributed by atoms with E-state index in [9.17, 15) is 4.39 Å². The Bertz CT molecular complexity index is 650. The van der Waals surface area contributed by atoms with Crippen LogP contribution in [0.25, 0.3) is 0 Å². The highest BCUT2D eigenvalue weighted by atomic mass is 79.9. The van der Waals surface area contributed by atoms with Crippen LogP contribution in [-0.4, -0.2) is 7.11 Å². The Morgan fingerprint density at radius 1 is 1.25 bits per heavy atom. The molecule has 3 nitrogen and oxygen atoms in total. The molecule has 0 unspecified atom stereocenters. The van der Waals surface area contributed by atoms with Gasteiger partial charge in [-0.15, -0.1) is 0 Å². The molecule has 102 valence electrons. The normalized spacial score (nSPS) is 9.90. The van der Waals surface area contributed by atoms with Crippen molar-refractivity contribution in [2.45, 2.75) is 6.61 Å². The number of halogens is 2. The third-order valence-corrected chi connectivity index (χ3v) is 3.24. The van der Waals surface area contributed by atoms with Crippen molar-refractivity contribution in [1.82, 2.24) is 0 Å². The average Bonchev–Trinajstić information content (AvgIpc) is 2.47. The topological polar surface area (TPSA) is 42.2 Å². The fourth-order valence-electron chi connectivity index (χ4n) is 1.66. The molecule has 0 aromatic heterocycles. The van der Waals surface area contributed by atoms with Gasteiger partial charge in [-0.3, -0.25) is 0 Å². The Morgan fingerprint density at radius 3 is 2.55 bits per heavy atom. The second-order valence-corrected chi connectivity index (χ2v) is 4.87. The SMILES string of the molecule is COc1cc(C#N)cc(Br)c1OCc1ccc(F)cc1. The molecule has 0 spiro atoms. The summed E-state index contributed by atoms with van der Waals surface area (Å²) in [4.78, 5) is 0. The molecule has 0 heterocycles. The lowest BCUT2D eigenvalue weighted by Gasteiger charge is -2.13. The van der Waals surface area contributed by atoms with Gasteiger partial charge in [0.25, 0.3) is 0 Å². The number of hydrogen-bond donors (Lipinski definition) is 0. The summed E-state index contributed by atoms with van der Waals surface area (Å²) in [7, 11) is 1.51. The summed E-state index contributed by atoms with van der Waals surface area (Å²) < 4.78 is 24.3. The minimum absolute atomic E-state index is 0.279. The van der Waals surface area contributed by atoms with E-state index in [0.717, 1.165) is 5.56 Å². The third kappa shape index (κ3) is 3.28. The van der Waals surface area contributed by atoms with Gasteiger partial charge in [0.1, 0.15) is 12.4 Å².